The standard InChI is InChI=1S/C10H19N/c1-3-5-6-7-8-10-11-9-4-2/h11H,3-4,7-10H2,1-2H3. The minimum absolute atomic E-state index is 0.988. The molecule has 0 heterocycles. The molecule has 0 bridgehead atoms. The van der Waals surface area contributed by atoms with Crippen LogP contribution in [0.1, 0.15) is 39.5 Å². The van der Waals surface area contributed by atoms with E-state index in [9.17, 15) is 0 Å². The topological polar surface area (TPSA) is 12.0 Å². The van der Waals surface area contributed by atoms with Crippen LogP contribution in [0.2, 0.25) is 0 Å². The van der Waals surface area contributed by atoms with Gasteiger partial charge in [0.1, 0.15) is 0 Å². The molecule has 11 heavy (non-hydrogen) atoms. The first-order valence-corrected chi connectivity index (χ1v) is 4.58. The molecule has 0 saturated carbocycles. The molecule has 1 nitrogen and oxygen atoms in total. The van der Waals surface area contributed by atoms with Gasteiger partial charge in [0, 0.05) is 12.8 Å². The Morgan fingerprint density at radius 3 is 2.55 bits per heavy atom. The van der Waals surface area contributed by atoms with E-state index < -0.39 is 0 Å². The van der Waals surface area contributed by atoms with Crippen molar-refractivity contribution in [3.05, 3.63) is 0 Å². The maximum atomic E-state index is 3.34. The van der Waals surface area contributed by atoms with E-state index in [0.29, 0.717) is 0 Å². The average Bonchev–Trinajstić information content (AvgIpc) is 2.03. The van der Waals surface area contributed by atoms with Crippen molar-refractivity contribution in [1.29, 1.82) is 0 Å². The van der Waals surface area contributed by atoms with Crippen LogP contribution >= 0.6 is 0 Å². The Morgan fingerprint density at radius 2 is 1.91 bits per heavy atom. The normalized spacial score (nSPS) is 8.91. The van der Waals surface area contributed by atoms with Crippen LogP contribution in [0.15, 0.2) is 0 Å². The minimum atomic E-state index is 0.988. The SMILES string of the molecule is CCC#CCCCNCCC. The van der Waals surface area contributed by atoms with E-state index in [2.05, 4.69) is 31.0 Å². The van der Waals surface area contributed by atoms with Crippen molar-refractivity contribution >= 4 is 0 Å². The van der Waals surface area contributed by atoms with Gasteiger partial charge < -0.3 is 5.32 Å². The fraction of sp³-hybridized carbons (Fsp3) is 0.800. The zero-order valence-electron chi connectivity index (χ0n) is 7.74. The maximum absolute atomic E-state index is 3.34. The quantitative estimate of drug-likeness (QED) is 0.471. The van der Waals surface area contributed by atoms with E-state index in [1.807, 2.05) is 0 Å². The molecule has 0 fully saturated rings. The van der Waals surface area contributed by atoms with Crippen LogP contribution < -0.4 is 5.32 Å². The molecule has 0 unspecified atom stereocenters. The Labute approximate surface area is 70.6 Å². The molecule has 1 N–H and O–H groups in total. The van der Waals surface area contributed by atoms with Gasteiger partial charge in [0.15, 0.2) is 0 Å². The summed E-state index contributed by atoms with van der Waals surface area (Å²) in [6, 6.07) is 0. The molecule has 0 aliphatic heterocycles. The van der Waals surface area contributed by atoms with E-state index in [1.54, 1.807) is 0 Å². The fourth-order valence-electron chi connectivity index (χ4n) is 0.817. The van der Waals surface area contributed by atoms with E-state index in [-0.39, 0.29) is 0 Å². The molecule has 0 rings (SSSR count). The Kier molecular flexibility index (Phi) is 9.10. The Morgan fingerprint density at radius 1 is 1.09 bits per heavy atom. The zero-order valence-corrected chi connectivity index (χ0v) is 7.74. The second-order valence-corrected chi connectivity index (χ2v) is 2.56. The minimum Gasteiger partial charge on any atom is -0.317 e. The van der Waals surface area contributed by atoms with Gasteiger partial charge in [-0.1, -0.05) is 13.8 Å². The van der Waals surface area contributed by atoms with E-state index >= 15 is 0 Å². The highest BCUT2D eigenvalue weighted by atomic mass is 14.8. The van der Waals surface area contributed by atoms with Gasteiger partial charge in [-0.2, -0.15) is 0 Å². The Balaban J connectivity index is 2.90. The monoisotopic (exact) mass is 153 g/mol. The van der Waals surface area contributed by atoms with Crippen molar-refractivity contribution in [3.63, 3.8) is 0 Å². The summed E-state index contributed by atoms with van der Waals surface area (Å²) in [6.07, 6.45) is 4.45. The van der Waals surface area contributed by atoms with Gasteiger partial charge in [-0.3, -0.25) is 0 Å². The first-order valence-electron chi connectivity index (χ1n) is 4.58. The van der Waals surface area contributed by atoms with Crippen LogP contribution in [0.3, 0.4) is 0 Å². The third-order valence-corrected chi connectivity index (χ3v) is 1.38. The van der Waals surface area contributed by atoms with Gasteiger partial charge in [0.05, 0.1) is 0 Å². The molecule has 0 aromatic carbocycles. The maximum Gasteiger partial charge on any atom is 0.0101 e. The number of hydrogen-bond donors (Lipinski definition) is 1. The Hall–Kier alpha value is -0.480. The Bertz CT molecular complexity index is 119. The summed E-state index contributed by atoms with van der Waals surface area (Å²) in [6.45, 7) is 6.53. The summed E-state index contributed by atoms with van der Waals surface area (Å²) in [4.78, 5) is 0. The average molecular weight is 153 g/mol. The van der Waals surface area contributed by atoms with Crippen LogP contribution in [-0.4, -0.2) is 13.1 Å². The van der Waals surface area contributed by atoms with E-state index in [4.69, 9.17) is 0 Å². The first kappa shape index (κ1) is 10.5. The summed E-state index contributed by atoms with van der Waals surface area (Å²) >= 11 is 0. The van der Waals surface area contributed by atoms with Crippen molar-refractivity contribution in [3.8, 4) is 11.8 Å². The van der Waals surface area contributed by atoms with Crippen molar-refractivity contribution in [2.45, 2.75) is 39.5 Å². The van der Waals surface area contributed by atoms with Gasteiger partial charge in [-0.15, -0.1) is 11.8 Å². The molecule has 0 atom stereocenters. The van der Waals surface area contributed by atoms with Crippen molar-refractivity contribution < 1.29 is 0 Å². The highest BCUT2D eigenvalue weighted by Gasteiger charge is 1.82. The third kappa shape index (κ3) is 9.52. The molecule has 0 aliphatic rings. The first-order chi connectivity index (χ1) is 5.41. The highest BCUT2D eigenvalue weighted by molar-refractivity contribution is 4.97. The predicted octanol–water partition coefficient (Wildman–Crippen LogP) is 2.18. The van der Waals surface area contributed by atoms with Gasteiger partial charge in [0.2, 0.25) is 0 Å². The molecule has 64 valence electrons. The van der Waals surface area contributed by atoms with Gasteiger partial charge >= 0.3 is 0 Å². The molecular weight excluding hydrogens is 134 g/mol. The smallest absolute Gasteiger partial charge is 0.0101 e. The number of rotatable bonds is 5. The molecule has 1 heteroatoms. The number of hydrogen-bond acceptors (Lipinski definition) is 1. The summed E-state index contributed by atoms with van der Waals surface area (Å²) in [7, 11) is 0. The zero-order chi connectivity index (χ0) is 8.36. The van der Waals surface area contributed by atoms with E-state index in [1.165, 1.54) is 12.8 Å². The van der Waals surface area contributed by atoms with Gasteiger partial charge in [-0.25, -0.2) is 0 Å². The van der Waals surface area contributed by atoms with Crippen molar-refractivity contribution in [2.75, 3.05) is 13.1 Å². The number of unbranched alkanes of at least 4 members (excludes halogenated alkanes) is 1. The van der Waals surface area contributed by atoms with Crippen LogP contribution in [0.25, 0.3) is 0 Å². The summed E-state index contributed by atoms with van der Waals surface area (Å²) in [5.41, 5.74) is 0. The number of nitrogens with one attached hydrogen (secondary N) is 1. The van der Waals surface area contributed by atoms with Crippen LogP contribution in [0, 0.1) is 11.8 Å². The molecule has 0 amide bonds. The fourth-order valence-corrected chi connectivity index (χ4v) is 0.817. The second-order valence-electron chi connectivity index (χ2n) is 2.56. The second kappa shape index (κ2) is 9.52. The third-order valence-electron chi connectivity index (χ3n) is 1.38. The van der Waals surface area contributed by atoms with Crippen LogP contribution in [0.4, 0.5) is 0 Å². The van der Waals surface area contributed by atoms with Crippen LogP contribution in [-0.2, 0) is 0 Å². The highest BCUT2D eigenvalue weighted by Crippen LogP contribution is 1.84. The van der Waals surface area contributed by atoms with Gasteiger partial charge in [0.25, 0.3) is 0 Å². The lowest BCUT2D eigenvalue weighted by Gasteiger charge is -1.98. The largest absolute Gasteiger partial charge is 0.317 e. The summed E-state index contributed by atoms with van der Waals surface area (Å²) < 4.78 is 0. The lowest BCUT2D eigenvalue weighted by molar-refractivity contribution is 0.648. The lowest BCUT2D eigenvalue weighted by Crippen LogP contribution is -2.15. The molecule has 0 aliphatic carbocycles. The molecule has 0 aromatic rings. The lowest BCUT2D eigenvalue weighted by atomic mass is 10.3. The van der Waals surface area contributed by atoms with E-state index in [0.717, 1.165) is 25.9 Å². The molecule has 0 aromatic heterocycles. The summed E-state index contributed by atoms with van der Waals surface area (Å²) in [5.74, 6) is 6.18. The molecular formula is C10H19N. The molecule has 0 radical (unpaired) electrons. The predicted molar refractivity (Wildman–Crippen MR) is 50.5 cm³/mol. The van der Waals surface area contributed by atoms with Gasteiger partial charge in [-0.05, 0) is 25.9 Å². The van der Waals surface area contributed by atoms with Crippen molar-refractivity contribution in [2.24, 2.45) is 0 Å². The van der Waals surface area contributed by atoms with Crippen molar-refractivity contribution in [1.82, 2.24) is 5.32 Å². The molecule has 0 spiro atoms. The molecule has 0 saturated heterocycles. The summed E-state index contributed by atoms with van der Waals surface area (Å²) in [5, 5.41) is 3.34. The van der Waals surface area contributed by atoms with Crippen LogP contribution in [0.5, 0.6) is 0 Å².